The minimum Gasteiger partial charge on any atom is -0.366 e. The largest absolute Gasteiger partial charge is 0.366 e. The van der Waals surface area contributed by atoms with Crippen molar-refractivity contribution in [2.24, 2.45) is 0 Å². The molecule has 2 aromatic rings. The second kappa shape index (κ2) is 9.15. The molecule has 0 saturated carbocycles. The number of aryl methyl sites for hydroxylation is 2. The third-order valence-corrected chi connectivity index (χ3v) is 7.29. The number of amides is 1. The van der Waals surface area contributed by atoms with Crippen LogP contribution in [0.4, 0.5) is 17.1 Å². The molecule has 0 radical (unpaired) electrons. The molecule has 1 aliphatic heterocycles. The summed E-state index contributed by atoms with van der Waals surface area (Å²) in [5, 5.41) is 11.8. The Morgan fingerprint density at radius 3 is 2.38 bits per heavy atom. The monoisotopic (exact) mass is 460 g/mol. The Morgan fingerprint density at radius 2 is 1.81 bits per heavy atom. The minimum atomic E-state index is -4.00. The van der Waals surface area contributed by atoms with Crippen molar-refractivity contribution < 1.29 is 18.1 Å². The standard InChI is InChI=1S/C22H28N4O5S/c1-15-5-7-20(16(2)13-15)23-32(30,31)19-6-8-21(22(14-19)26(28)29)25-11-9-18(10-12-25)24(4)17(3)27/h5-8,13-14,18,23H,9-12H2,1-4H3. The van der Waals surface area contributed by atoms with E-state index in [9.17, 15) is 23.3 Å². The van der Waals surface area contributed by atoms with Crippen molar-refractivity contribution in [3.63, 3.8) is 0 Å². The van der Waals surface area contributed by atoms with Crippen molar-refractivity contribution in [3.8, 4) is 0 Å². The SMILES string of the molecule is CC(=O)N(C)C1CCN(c2ccc(S(=O)(=O)Nc3ccc(C)cc3C)cc2[N+](=O)[O-])CC1. The summed E-state index contributed by atoms with van der Waals surface area (Å²) in [6, 6.07) is 9.40. The molecule has 3 rings (SSSR count). The van der Waals surface area contributed by atoms with Crippen LogP contribution < -0.4 is 9.62 Å². The Hall–Kier alpha value is -3.14. The van der Waals surface area contributed by atoms with Crippen molar-refractivity contribution in [1.29, 1.82) is 0 Å². The van der Waals surface area contributed by atoms with Gasteiger partial charge in [-0.05, 0) is 50.5 Å². The van der Waals surface area contributed by atoms with Gasteiger partial charge in [-0.15, -0.1) is 0 Å². The first-order chi connectivity index (χ1) is 15.0. The Morgan fingerprint density at radius 1 is 1.16 bits per heavy atom. The quantitative estimate of drug-likeness (QED) is 0.522. The summed E-state index contributed by atoms with van der Waals surface area (Å²) < 4.78 is 28.3. The molecule has 0 aromatic heterocycles. The predicted molar refractivity (Wildman–Crippen MR) is 123 cm³/mol. The zero-order valence-corrected chi connectivity index (χ0v) is 19.5. The predicted octanol–water partition coefficient (Wildman–Crippen LogP) is 3.46. The normalized spacial score (nSPS) is 14.8. The van der Waals surface area contributed by atoms with Gasteiger partial charge in [0.2, 0.25) is 5.91 Å². The molecule has 9 nitrogen and oxygen atoms in total. The lowest BCUT2D eigenvalue weighted by atomic mass is 10.0. The summed E-state index contributed by atoms with van der Waals surface area (Å²) in [6.45, 7) is 6.30. The van der Waals surface area contributed by atoms with E-state index in [1.54, 1.807) is 31.0 Å². The molecule has 1 N–H and O–H groups in total. The second-order valence-electron chi connectivity index (χ2n) is 8.18. The first kappa shape index (κ1) is 23.5. The molecule has 1 amide bonds. The van der Waals surface area contributed by atoms with E-state index in [2.05, 4.69) is 4.72 Å². The molecular formula is C22H28N4O5S. The molecule has 10 heteroatoms. The van der Waals surface area contributed by atoms with Gasteiger partial charge < -0.3 is 9.80 Å². The maximum Gasteiger partial charge on any atom is 0.293 e. The van der Waals surface area contributed by atoms with E-state index < -0.39 is 14.9 Å². The first-order valence-electron chi connectivity index (χ1n) is 10.4. The fourth-order valence-electron chi connectivity index (χ4n) is 3.97. The molecule has 172 valence electrons. The zero-order chi connectivity index (χ0) is 23.6. The number of piperidine rings is 1. The Bertz CT molecular complexity index is 1140. The minimum absolute atomic E-state index is 0.0136. The summed E-state index contributed by atoms with van der Waals surface area (Å²) in [5.74, 6) is -0.0136. The molecule has 2 aromatic carbocycles. The van der Waals surface area contributed by atoms with Gasteiger partial charge in [-0.1, -0.05) is 17.7 Å². The van der Waals surface area contributed by atoms with Crippen LogP contribution in [-0.2, 0) is 14.8 Å². The van der Waals surface area contributed by atoms with Gasteiger partial charge in [0.15, 0.2) is 0 Å². The topological polar surface area (TPSA) is 113 Å². The van der Waals surface area contributed by atoms with Gasteiger partial charge in [0.05, 0.1) is 15.5 Å². The van der Waals surface area contributed by atoms with Gasteiger partial charge >= 0.3 is 0 Å². The molecule has 0 bridgehead atoms. The Labute approximate surface area is 188 Å². The molecule has 32 heavy (non-hydrogen) atoms. The van der Waals surface area contributed by atoms with Crippen LogP contribution in [0.3, 0.4) is 0 Å². The number of nitrogens with zero attached hydrogens (tertiary/aromatic N) is 3. The number of benzene rings is 2. The van der Waals surface area contributed by atoms with Crippen LogP contribution in [-0.4, -0.2) is 50.3 Å². The maximum absolute atomic E-state index is 12.9. The lowest BCUT2D eigenvalue weighted by molar-refractivity contribution is -0.384. The van der Waals surface area contributed by atoms with E-state index in [-0.39, 0.29) is 22.5 Å². The molecule has 1 saturated heterocycles. The molecule has 0 spiro atoms. The molecule has 1 fully saturated rings. The van der Waals surface area contributed by atoms with Crippen molar-refractivity contribution in [2.45, 2.75) is 44.6 Å². The summed E-state index contributed by atoms with van der Waals surface area (Å²) in [7, 11) is -2.24. The van der Waals surface area contributed by atoms with Gasteiger partial charge in [-0.3, -0.25) is 19.6 Å². The number of nitro groups is 1. The third kappa shape index (κ3) is 5.01. The second-order valence-corrected chi connectivity index (χ2v) is 9.86. The van der Waals surface area contributed by atoms with E-state index in [0.29, 0.717) is 37.3 Å². The molecule has 1 heterocycles. The molecule has 0 unspecified atom stereocenters. The summed E-state index contributed by atoms with van der Waals surface area (Å²) in [6.07, 6.45) is 1.36. The number of carbonyl (C=O) groups is 1. The average molecular weight is 461 g/mol. The zero-order valence-electron chi connectivity index (χ0n) is 18.7. The van der Waals surface area contributed by atoms with E-state index >= 15 is 0 Å². The molecule has 0 atom stereocenters. The lowest BCUT2D eigenvalue weighted by Gasteiger charge is -2.37. The number of sulfonamides is 1. The van der Waals surface area contributed by atoms with Gasteiger partial charge in [-0.25, -0.2) is 8.42 Å². The first-order valence-corrected chi connectivity index (χ1v) is 11.8. The van der Waals surface area contributed by atoms with Crippen molar-refractivity contribution >= 4 is 33.0 Å². The van der Waals surface area contributed by atoms with Gasteiger partial charge in [0, 0.05) is 39.2 Å². The maximum atomic E-state index is 12.9. The van der Waals surface area contributed by atoms with Crippen LogP contribution in [0.2, 0.25) is 0 Å². The summed E-state index contributed by atoms with van der Waals surface area (Å²) in [4.78, 5) is 26.2. The van der Waals surface area contributed by atoms with Gasteiger partial charge in [0.25, 0.3) is 15.7 Å². The van der Waals surface area contributed by atoms with Gasteiger partial charge in [0.1, 0.15) is 5.69 Å². The summed E-state index contributed by atoms with van der Waals surface area (Å²) >= 11 is 0. The number of nitro benzene ring substituents is 1. The van der Waals surface area contributed by atoms with E-state index in [1.165, 1.54) is 19.1 Å². The number of hydrogen-bond acceptors (Lipinski definition) is 6. The highest BCUT2D eigenvalue weighted by Gasteiger charge is 2.29. The highest BCUT2D eigenvalue weighted by Crippen LogP contribution is 2.34. The van der Waals surface area contributed by atoms with Crippen molar-refractivity contribution in [3.05, 3.63) is 57.6 Å². The van der Waals surface area contributed by atoms with E-state index in [1.807, 2.05) is 17.9 Å². The summed E-state index contributed by atoms with van der Waals surface area (Å²) in [5.41, 5.74) is 2.32. The van der Waals surface area contributed by atoms with E-state index in [4.69, 9.17) is 0 Å². The fourth-order valence-corrected chi connectivity index (χ4v) is 5.12. The fraction of sp³-hybridized carbons (Fsp3) is 0.409. The number of nitrogens with one attached hydrogen (secondary N) is 1. The molecular weight excluding hydrogens is 432 g/mol. The highest BCUT2D eigenvalue weighted by molar-refractivity contribution is 7.92. The van der Waals surface area contributed by atoms with Crippen LogP contribution in [0, 0.1) is 24.0 Å². The smallest absolute Gasteiger partial charge is 0.293 e. The van der Waals surface area contributed by atoms with Crippen LogP contribution in [0.1, 0.15) is 30.9 Å². The van der Waals surface area contributed by atoms with Crippen LogP contribution in [0.5, 0.6) is 0 Å². The Kier molecular flexibility index (Phi) is 6.73. The van der Waals surface area contributed by atoms with Crippen LogP contribution in [0.25, 0.3) is 0 Å². The molecule has 1 aliphatic rings. The number of anilines is 2. The number of rotatable bonds is 6. The van der Waals surface area contributed by atoms with E-state index in [0.717, 1.165) is 17.2 Å². The lowest BCUT2D eigenvalue weighted by Crippen LogP contribution is -2.45. The number of carbonyl (C=O) groups excluding carboxylic acids is 1. The molecule has 0 aliphatic carbocycles. The van der Waals surface area contributed by atoms with Crippen molar-refractivity contribution in [1.82, 2.24) is 4.90 Å². The number of hydrogen-bond donors (Lipinski definition) is 1. The highest BCUT2D eigenvalue weighted by atomic mass is 32.2. The third-order valence-electron chi connectivity index (χ3n) is 5.93. The Balaban J connectivity index is 1.85. The van der Waals surface area contributed by atoms with Gasteiger partial charge in [-0.2, -0.15) is 0 Å². The van der Waals surface area contributed by atoms with Crippen molar-refractivity contribution in [2.75, 3.05) is 29.8 Å². The van der Waals surface area contributed by atoms with Crippen LogP contribution >= 0.6 is 0 Å². The van der Waals surface area contributed by atoms with Crippen LogP contribution in [0.15, 0.2) is 41.3 Å². The average Bonchev–Trinajstić information content (AvgIpc) is 2.74.